The average Bonchev–Trinajstić information content (AvgIpc) is 3.05. The van der Waals surface area contributed by atoms with Crippen LogP contribution in [0.4, 0.5) is 5.69 Å². The van der Waals surface area contributed by atoms with Crippen LogP contribution >= 0.6 is 23.2 Å². The summed E-state index contributed by atoms with van der Waals surface area (Å²) in [5.41, 5.74) is -0.157. The van der Waals surface area contributed by atoms with Crippen LogP contribution in [0.15, 0.2) is 54.6 Å². The highest BCUT2D eigenvalue weighted by Crippen LogP contribution is 2.40. The molecule has 0 saturated carbocycles. The maximum Gasteiger partial charge on any atom is 0.282 e. The molecule has 1 aliphatic carbocycles. The molecule has 0 aromatic heterocycles. The molecule has 170 valence electrons. The van der Waals surface area contributed by atoms with Crippen molar-refractivity contribution in [3.63, 3.8) is 0 Å². The smallest absolute Gasteiger partial charge is 0.272 e. The minimum atomic E-state index is -0.839. The maximum atomic E-state index is 13.6. The van der Waals surface area contributed by atoms with Crippen LogP contribution in [-0.4, -0.2) is 32.7 Å². The van der Waals surface area contributed by atoms with E-state index in [0.717, 1.165) is 10.0 Å². The monoisotopic (exact) mass is 487 g/mol. The van der Waals surface area contributed by atoms with E-state index in [1.807, 2.05) is 19.1 Å². The molecule has 0 spiro atoms. The van der Waals surface area contributed by atoms with Gasteiger partial charge in [0.15, 0.2) is 0 Å². The summed E-state index contributed by atoms with van der Waals surface area (Å²) in [5.74, 6) is -3.22. The first-order chi connectivity index (χ1) is 15.7. The second-order valence-corrected chi connectivity index (χ2v) is 8.84. The van der Waals surface area contributed by atoms with Crippen molar-refractivity contribution < 1.29 is 19.3 Å². The van der Waals surface area contributed by atoms with Crippen molar-refractivity contribution in [3.05, 3.63) is 85.9 Å². The lowest BCUT2D eigenvalue weighted by Crippen LogP contribution is -2.50. The Morgan fingerprint density at radius 1 is 1.15 bits per heavy atom. The normalized spacial score (nSPS) is 21.8. The van der Waals surface area contributed by atoms with Crippen LogP contribution in [0.3, 0.4) is 0 Å². The minimum Gasteiger partial charge on any atom is -0.272 e. The second-order valence-electron chi connectivity index (χ2n) is 8.03. The number of nitro benzene ring substituents is 1. The standard InChI is InChI=1S/C23H19Cl2N3O5/c1-13-5-4-7-16-20(13)23(31)27(22(16)30)26(12-14-9-10-17(24)18(25)11-14)21(29)15-6-2-3-8-19(15)28(32)33/h2-6,8-11,13,16,20H,7,12H2,1H3/t13-,16+,20+/m1/s1. The summed E-state index contributed by atoms with van der Waals surface area (Å²) in [5, 5.41) is 13.9. The van der Waals surface area contributed by atoms with Crippen LogP contribution in [0.25, 0.3) is 0 Å². The van der Waals surface area contributed by atoms with Crippen LogP contribution in [0.1, 0.15) is 29.3 Å². The van der Waals surface area contributed by atoms with Crippen molar-refractivity contribution in [2.75, 3.05) is 0 Å². The highest BCUT2D eigenvalue weighted by atomic mass is 35.5. The van der Waals surface area contributed by atoms with Crippen LogP contribution in [0.5, 0.6) is 0 Å². The molecule has 1 aliphatic heterocycles. The average molecular weight is 488 g/mol. The molecule has 2 aromatic carbocycles. The maximum absolute atomic E-state index is 13.6. The largest absolute Gasteiger partial charge is 0.282 e. The van der Waals surface area contributed by atoms with E-state index in [1.54, 1.807) is 6.07 Å². The van der Waals surface area contributed by atoms with E-state index in [2.05, 4.69) is 0 Å². The number of hydrazine groups is 1. The van der Waals surface area contributed by atoms with E-state index in [4.69, 9.17) is 23.2 Å². The fraction of sp³-hybridized carbons (Fsp3) is 0.261. The third kappa shape index (κ3) is 4.12. The number of para-hydroxylation sites is 1. The Kier molecular flexibility index (Phi) is 6.23. The number of benzene rings is 2. The first-order valence-electron chi connectivity index (χ1n) is 10.2. The number of hydrogen-bond acceptors (Lipinski definition) is 5. The quantitative estimate of drug-likeness (QED) is 0.264. The third-order valence-electron chi connectivity index (χ3n) is 5.97. The number of amides is 3. The summed E-state index contributed by atoms with van der Waals surface area (Å²) in [6.45, 7) is 1.63. The lowest BCUT2D eigenvalue weighted by molar-refractivity contribution is -0.385. The molecule has 10 heteroatoms. The van der Waals surface area contributed by atoms with Gasteiger partial charge in [-0.25, -0.2) is 5.01 Å². The predicted molar refractivity (Wildman–Crippen MR) is 121 cm³/mol. The van der Waals surface area contributed by atoms with Crippen molar-refractivity contribution in [2.45, 2.75) is 19.9 Å². The number of rotatable bonds is 5. The molecular weight excluding hydrogens is 469 g/mol. The summed E-state index contributed by atoms with van der Waals surface area (Å²) < 4.78 is 0. The lowest BCUT2D eigenvalue weighted by Gasteiger charge is -2.30. The molecule has 3 atom stereocenters. The Labute approximate surface area is 199 Å². The zero-order chi connectivity index (χ0) is 23.9. The van der Waals surface area contributed by atoms with Gasteiger partial charge in [0.25, 0.3) is 23.4 Å². The molecule has 3 amide bonds. The van der Waals surface area contributed by atoms with Gasteiger partial charge in [-0.1, -0.05) is 60.5 Å². The molecule has 1 heterocycles. The Balaban J connectivity index is 1.79. The molecule has 2 aliphatic rings. The Morgan fingerprint density at radius 2 is 1.88 bits per heavy atom. The van der Waals surface area contributed by atoms with E-state index in [9.17, 15) is 24.5 Å². The van der Waals surface area contributed by atoms with Crippen LogP contribution in [-0.2, 0) is 16.1 Å². The van der Waals surface area contributed by atoms with Crippen molar-refractivity contribution in [1.29, 1.82) is 0 Å². The van der Waals surface area contributed by atoms with Gasteiger partial charge >= 0.3 is 0 Å². The second kappa shape index (κ2) is 8.96. The number of carbonyl (C=O) groups is 3. The summed E-state index contributed by atoms with van der Waals surface area (Å²) in [6, 6.07) is 10.1. The van der Waals surface area contributed by atoms with Gasteiger partial charge in [0, 0.05) is 6.07 Å². The number of fused-ring (bicyclic) bond motifs is 1. The summed E-state index contributed by atoms with van der Waals surface area (Å²) >= 11 is 12.1. The number of allylic oxidation sites excluding steroid dienone is 2. The molecule has 33 heavy (non-hydrogen) atoms. The Morgan fingerprint density at radius 3 is 2.55 bits per heavy atom. The first kappa shape index (κ1) is 22.9. The zero-order valence-corrected chi connectivity index (χ0v) is 19.0. The number of nitrogens with zero attached hydrogens (tertiary/aromatic N) is 3. The number of nitro groups is 1. The minimum absolute atomic E-state index is 0.182. The van der Waals surface area contributed by atoms with Gasteiger partial charge in [0.05, 0.1) is 33.3 Å². The molecule has 0 unspecified atom stereocenters. The number of hydrogen-bond donors (Lipinski definition) is 0. The molecule has 2 aromatic rings. The Hall–Kier alpha value is -3.23. The molecule has 8 nitrogen and oxygen atoms in total. The number of carbonyl (C=O) groups excluding carboxylic acids is 3. The highest BCUT2D eigenvalue weighted by Gasteiger charge is 2.53. The zero-order valence-electron chi connectivity index (χ0n) is 17.5. The highest BCUT2D eigenvalue weighted by molar-refractivity contribution is 6.42. The predicted octanol–water partition coefficient (Wildman–Crippen LogP) is 4.66. The molecular formula is C23H19Cl2N3O5. The topological polar surface area (TPSA) is 101 Å². The van der Waals surface area contributed by atoms with E-state index >= 15 is 0 Å². The van der Waals surface area contributed by atoms with Gasteiger partial charge in [-0.2, -0.15) is 5.01 Å². The van der Waals surface area contributed by atoms with Gasteiger partial charge in [0.2, 0.25) is 0 Å². The summed E-state index contributed by atoms with van der Waals surface area (Å²) in [4.78, 5) is 51.1. The molecule has 0 N–H and O–H groups in total. The summed E-state index contributed by atoms with van der Waals surface area (Å²) in [7, 11) is 0. The molecule has 1 saturated heterocycles. The fourth-order valence-corrected chi connectivity index (χ4v) is 4.69. The molecule has 0 bridgehead atoms. The van der Waals surface area contributed by atoms with Gasteiger partial charge in [-0.15, -0.1) is 0 Å². The van der Waals surface area contributed by atoms with E-state index in [1.165, 1.54) is 36.4 Å². The number of imide groups is 1. The SMILES string of the molecule is C[C@@H]1C=CC[C@@H]2C(=O)N(N(Cc3ccc(Cl)c(Cl)c3)C(=O)c3ccccc3[N+](=O)[O-])C(=O)[C@@H]12. The molecule has 0 radical (unpaired) electrons. The molecule has 1 fully saturated rings. The van der Waals surface area contributed by atoms with Crippen molar-refractivity contribution in [1.82, 2.24) is 10.0 Å². The summed E-state index contributed by atoms with van der Waals surface area (Å²) in [6.07, 6.45) is 4.12. The van der Waals surface area contributed by atoms with Crippen molar-refractivity contribution in [2.24, 2.45) is 17.8 Å². The molecule has 4 rings (SSSR count). The van der Waals surface area contributed by atoms with Crippen molar-refractivity contribution in [3.8, 4) is 0 Å². The van der Waals surface area contributed by atoms with Crippen LogP contribution in [0, 0.1) is 27.9 Å². The van der Waals surface area contributed by atoms with Crippen molar-refractivity contribution >= 4 is 46.6 Å². The number of halogens is 2. The lowest BCUT2D eigenvalue weighted by atomic mass is 9.78. The van der Waals surface area contributed by atoms with Crippen LogP contribution < -0.4 is 0 Å². The van der Waals surface area contributed by atoms with Gasteiger partial charge in [-0.3, -0.25) is 24.5 Å². The van der Waals surface area contributed by atoms with E-state index in [0.29, 0.717) is 17.0 Å². The van der Waals surface area contributed by atoms with E-state index in [-0.39, 0.29) is 23.0 Å². The Bertz CT molecular complexity index is 1200. The van der Waals surface area contributed by atoms with Gasteiger partial charge < -0.3 is 0 Å². The fourth-order valence-electron chi connectivity index (χ4n) is 4.37. The van der Waals surface area contributed by atoms with Crippen LogP contribution in [0.2, 0.25) is 10.0 Å². The third-order valence-corrected chi connectivity index (χ3v) is 6.71. The first-order valence-corrected chi connectivity index (χ1v) is 11.0. The van der Waals surface area contributed by atoms with Gasteiger partial charge in [-0.05, 0) is 36.1 Å². The van der Waals surface area contributed by atoms with E-state index < -0.39 is 40.2 Å². The van der Waals surface area contributed by atoms with Gasteiger partial charge in [0.1, 0.15) is 5.56 Å².